The molecule has 2 aliphatic rings. The molecule has 0 aromatic carbocycles. The molecule has 1 fully saturated rings. The smallest absolute Gasteiger partial charge is 0.237 e. The maximum Gasteiger partial charge on any atom is 0.237 e. The van der Waals surface area contributed by atoms with Crippen LogP contribution in [0.1, 0.15) is 30.2 Å². The Morgan fingerprint density at radius 1 is 1.37 bits per heavy atom. The van der Waals surface area contributed by atoms with Crippen LogP contribution >= 0.6 is 11.3 Å². The Bertz CT molecular complexity index is 449. The molecule has 1 aromatic heterocycles. The molecule has 1 saturated heterocycles. The molecular formula is C15H22N2OS. The number of nitrogens with zero attached hydrogens (tertiary/aromatic N) is 2. The first-order valence-electron chi connectivity index (χ1n) is 7.28. The first kappa shape index (κ1) is 13.1. The third-order valence-electron chi connectivity index (χ3n) is 4.40. The van der Waals surface area contributed by atoms with E-state index in [0.29, 0.717) is 12.5 Å². The highest BCUT2D eigenvalue weighted by atomic mass is 32.1. The van der Waals surface area contributed by atoms with Gasteiger partial charge in [0.25, 0.3) is 0 Å². The number of likely N-dealkylation sites (tertiary alicyclic amines) is 1. The standard InChI is InChI=1S/C15H22N2OS/c1-12-2-6-16(7-3-12)11-15(18)17-8-4-14-13(10-17)5-9-19-14/h5,9,12H,2-4,6-8,10-11H2,1H3. The topological polar surface area (TPSA) is 23.6 Å². The van der Waals surface area contributed by atoms with Crippen LogP contribution in [0.2, 0.25) is 0 Å². The third-order valence-corrected chi connectivity index (χ3v) is 5.42. The zero-order valence-electron chi connectivity index (χ0n) is 11.6. The monoisotopic (exact) mass is 278 g/mol. The average molecular weight is 278 g/mol. The normalized spacial score (nSPS) is 21.4. The van der Waals surface area contributed by atoms with Crippen LogP contribution in [0, 0.1) is 5.92 Å². The molecule has 0 saturated carbocycles. The quantitative estimate of drug-likeness (QED) is 0.829. The zero-order chi connectivity index (χ0) is 13.2. The molecule has 1 amide bonds. The third kappa shape index (κ3) is 3.00. The van der Waals surface area contributed by atoms with Crippen molar-refractivity contribution in [3.63, 3.8) is 0 Å². The fourth-order valence-corrected chi connectivity index (χ4v) is 3.86. The lowest BCUT2D eigenvalue weighted by Crippen LogP contribution is -2.44. The van der Waals surface area contributed by atoms with Gasteiger partial charge in [-0.2, -0.15) is 0 Å². The van der Waals surface area contributed by atoms with Crippen molar-refractivity contribution < 1.29 is 4.79 Å². The molecule has 2 aliphatic heterocycles. The number of piperidine rings is 1. The molecule has 0 radical (unpaired) electrons. The van der Waals surface area contributed by atoms with Crippen molar-refractivity contribution in [2.75, 3.05) is 26.2 Å². The van der Waals surface area contributed by atoms with E-state index >= 15 is 0 Å². The van der Waals surface area contributed by atoms with Gasteiger partial charge in [0.1, 0.15) is 0 Å². The van der Waals surface area contributed by atoms with E-state index < -0.39 is 0 Å². The summed E-state index contributed by atoms with van der Waals surface area (Å²) in [6.07, 6.45) is 3.51. The van der Waals surface area contributed by atoms with Gasteiger partial charge in [-0.15, -0.1) is 11.3 Å². The first-order chi connectivity index (χ1) is 9.22. The summed E-state index contributed by atoms with van der Waals surface area (Å²) in [5.74, 6) is 1.14. The van der Waals surface area contributed by atoms with Crippen LogP contribution in [0.3, 0.4) is 0 Å². The Morgan fingerprint density at radius 3 is 2.95 bits per heavy atom. The minimum absolute atomic E-state index is 0.311. The Labute approximate surface area is 119 Å². The van der Waals surface area contributed by atoms with Gasteiger partial charge in [0.05, 0.1) is 6.54 Å². The van der Waals surface area contributed by atoms with E-state index in [1.54, 1.807) is 0 Å². The van der Waals surface area contributed by atoms with Crippen molar-refractivity contribution in [2.24, 2.45) is 5.92 Å². The number of hydrogen-bond acceptors (Lipinski definition) is 3. The van der Waals surface area contributed by atoms with Crippen molar-refractivity contribution in [3.8, 4) is 0 Å². The molecular weight excluding hydrogens is 256 g/mol. The maximum absolute atomic E-state index is 12.4. The van der Waals surface area contributed by atoms with E-state index in [9.17, 15) is 4.79 Å². The summed E-state index contributed by atoms with van der Waals surface area (Å²) in [6, 6.07) is 2.17. The summed E-state index contributed by atoms with van der Waals surface area (Å²) in [5.41, 5.74) is 1.36. The van der Waals surface area contributed by atoms with Gasteiger partial charge in [0.2, 0.25) is 5.91 Å². The molecule has 0 bridgehead atoms. The molecule has 1 aromatic rings. The fraction of sp³-hybridized carbons (Fsp3) is 0.667. The van der Waals surface area contributed by atoms with Crippen LogP contribution < -0.4 is 0 Å². The second-order valence-electron chi connectivity index (χ2n) is 5.89. The highest BCUT2D eigenvalue weighted by molar-refractivity contribution is 7.10. The molecule has 0 N–H and O–H groups in total. The van der Waals surface area contributed by atoms with Gasteiger partial charge < -0.3 is 4.90 Å². The van der Waals surface area contributed by atoms with Gasteiger partial charge in [0, 0.05) is 18.0 Å². The van der Waals surface area contributed by atoms with E-state index in [1.165, 1.54) is 23.3 Å². The summed E-state index contributed by atoms with van der Waals surface area (Å²) in [6.45, 7) is 6.82. The number of hydrogen-bond donors (Lipinski definition) is 0. The molecule has 4 heteroatoms. The van der Waals surface area contributed by atoms with Crippen LogP contribution in [0.5, 0.6) is 0 Å². The van der Waals surface area contributed by atoms with Crippen molar-refractivity contribution in [2.45, 2.75) is 32.7 Å². The van der Waals surface area contributed by atoms with Crippen molar-refractivity contribution in [1.82, 2.24) is 9.80 Å². The zero-order valence-corrected chi connectivity index (χ0v) is 12.4. The predicted molar refractivity (Wildman–Crippen MR) is 78.3 cm³/mol. The first-order valence-corrected chi connectivity index (χ1v) is 8.15. The van der Waals surface area contributed by atoms with E-state index in [1.807, 2.05) is 16.2 Å². The predicted octanol–water partition coefficient (Wildman–Crippen LogP) is 2.36. The summed E-state index contributed by atoms with van der Waals surface area (Å²) in [7, 11) is 0. The molecule has 0 atom stereocenters. The summed E-state index contributed by atoms with van der Waals surface area (Å²) < 4.78 is 0. The second kappa shape index (κ2) is 5.63. The van der Waals surface area contributed by atoms with E-state index in [2.05, 4.69) is 23.3 Å². The largest absolute Gasteiger partial charge is 0.337 e. The van der Waals surface area contributed by atoms with Gasteiger partial charge in [0.15, 0.2) is 0 Å². The van der Waals surface area contributed by atoms with Crippen molar-refractivity contribution in [3.05, 3.63) is 21.9 Å². The van der Waals surface area contributed by atoms with E-state index in [0.717, 1.165) is 38.5 Å². The lowest BCUT2D eigenvalue weighted by Gasteiger charge is -2.33. The van der Waals surface area contributed by atoms with Gasteiger partial charge in [-0.05, 0) is 55.3 Å². The summed E-state index contributed by atoms with van der Waals surface area (Å²) in [5, 5.41) is 2.14. The molecule has 0 aliphatic carbocycles. The van der Waals surface area contributed by atoms with Gasteiger partial charge in [-0.1, -0.05) is 6.92 Å². The molecule has 19 heavy (non-hydrogen) atoms. The number of carbonyl (C=O) groups excluding carboxylic acids is 1. The molecule has 3 heterocycles. The fourth-order valence-electron chi connectivity index (χ4n) is 2.97. The molecule has 0 spiro atoms. The Hall–Kier alpha value is -0.870. The Balaban J connectivity index is 1.54. The van der Waals surface area contributed by atoms with Crippen LogP contribution in [0.15, 0.2) is 11.4 Å². The van der Waals surface area contributed by atoms with Crippen LogP contribution in [-0.2, 0) is 17.8 Å². The van der Waals surface area contributed by atoms with Crippen LogP contribution in [0.4, 0.5) is 0 Å². The van der Waals surface area contributed by atoms with E-state index in [-0.39, 0.29) is 0 Å². The average Bonchev–Trinajstić information content (AvgIpc) is 2.88. The highest BCUT2D eigenvalue weighted by Gasteiger charge is 2.24. The number of carbonyl (C=O) groups is 1. The summed E-state index contributed by atoms with van der Waals surface area (Å²) in [4.78, 5) is 18.2. The van der Waals surface area contributed by atoms with Crippen molar-refractivity contribution in [1.29, 1.82) is 0 Å². The Kier molecular flexibility index (Phi) is 3.89. The Morgan fingerprint density at radius 2 is 2.16 bits per heavy atom. The van der Waals surface area contributed by atoms with E-state index in [4.69, 9.17) is 0 Å². The molecule has 3 rings (SSSR count). The number of amides is 1. The van der Waals surface area contributed by atoms with Crippen LogP contribution in [0.25, 0.3) is 0 Å². The maximum atomic E-state index is 12.4. The molecule has 0 unspecified atom stereocenters. The van der Waals surface area contributed by atoms with Crippen LogP contribution in [-0.4, -0.2) is 41.9 Å². The minimum Gasteiger partial charge on any atom is -0.337 e. The molecule has 3 nitrogen and oxygen atoms in total. The lowest BCUT2D eigenvalue weighted by molar-refractivity contribution is -0.133. The van der Waals surface area contributed by atoms with Crippen molar-refractivity contribution >= 4 is 17.2 Å². The minimum atomic E-state index is 0.311. The molecule has 104 valence electrons. The SMILES string of the molecule is CC1CCN(CC(=O)N2CCc3sccc3C2)CC1. The second-order valence-corrected chi connectivity index (χ2v) is 6.89. The lowest BCUT2D eigenvalue weighted by atomic mass is 9.99. The highest BCUT2D eigenvalue weighted by Crippen LogP contribution is 2.24. The van der Waals surface area contributed by atoms with Gasteiger partial charge in [-0.25, -0.2) is 0 Å². The van der Waals surface area contributed by atoms with Gasteiger partial charge in [-0.3, -0.25) is 9.69 Å². The van der Waals surface area contributed by atoms with Gasteiger partial charge >= 0.3 is 0 Å². The number of fused-ring (bicyclic) bond motifs is 1. The number of thiophene rings is 1. The summed E-state index contributed by atoms with van der Waals surface area (Å²) >= 11 is 1.83. The number of rotatable bonds is 2.